The average molecular weight is 576 g/mol. The molecule has 3 aliphatic rings. The number of ether oxygens (including phenoxy) is 2. The number of pyridine rings is 1. The third-order valence-corrected chi connectivity index (χ3v) is 8.91. The number of esters is 1. The number of amides is 1. The number of hydrogen-bond donors (Lipinski definition) is 1. The first-order valence-corrected chi connectivity index (χ1v) is 14.2. The summed E-state index contributed by atoms with van der Waals surface area (Å²) in [5.74, 6) is -0.501. The molecule has 2 aromatic rings. The van der Waals surface area contributed by atoms with Gasteiger partial charge < -0.3 is 24.3 Å². The molecule has 1 saturated carbocycles. The summed E-state index contributed by atoms with van der Waals surface area (Å²) in [6.07, 6.45) is -3.04. The van der Waals surface area contributed by atoms with E-state index in [4.69, 9.17) is 9.47 Å². The normalized spacial score (nSPS) is 27.2. The van der Waals surface area contributed by atoms with E-state index in [1.807, 2.05) is 0 Å². The van der Waals surface area contributed by atoms with Crippen molar-refractivity contribution < 1.29 is 32.2 Å². The zero-order valence-electron chi connectivity index (χ0n) is 23.3. The van der Waals surface area contributed by atoms with Crippen molar-refractivity contribution in [1.29, 1.82) is 0 Å². The lowest BCUT2D eigenvalue weighted by Gasteiger charge is -2.40. The maximum atomic E-state index is 14.3. The second-order valence-corrected chi connectivity index (χ2v) is 11.6. The van der Waals surface area contributed by atoms with Crippen LogP contribution < -0.4 is 10.9 Å². The van der Waals surface area contributed by atoms with Crippen molar-refractivity contribution in [1.82, 2.24) is 14.8 Å². The summed E-state index contributed by atoms with van der Waals surface area (Å²) in [6, 6.07) is 10.3. The van der Waals surface area contributed by atoms with E-state index < -0.39 is 34.8 Å². The quantitative estimate of drug-likeness (QED) is 0.524. The van der Waals surface area contributed by atoms with Crippen LogP contribution in [0.2, 0.25) is 0 Å². The van der Waals surface area contributed by atoms with Gasteiger partial charge in [-0.1, -0.05) is 25.1 Å². The van der Waals surface area contributed by atoms with E-state index >= 15 is 0 Å². The molecule has 1 aliphatic carbocycles. The molecule has 5 rings (SSSR count). The molecule has 2 aliphatic heterocycles. The van der Waals surface area contributed by atoms with Crippen LogP contribution in [0.3, 0.4) is 0 Å². The first-order valence-electron chi connectivity index (χ1n) is 14.2. The van der Waals surface area contributed by atoms with Crippen LogP contribution in [0.1, 0.15) is 61.1 Å². The molecule has 0 radical (unpaired) electrons. The molecule has 3 heterocycles. The summed E-state index contributed by atoms with van der Waals surface area (Å²) in [6.45, 7) is 5.30. The topological polar surface area (TPSA) is 89.9 Å². The first-order chi connectivity index (χ1) is 19.5. The van der Waals surface area contributed by atoms with Crippen LogP contribution in [-0.4, -0.2) is 59.3 Å². The van der Waals surface area contributed by atoms with Crippen LogP contribution in [-0.2, 0) is 33.5 Å². The zero-order valence-corrected chi connectivity index (χ0v) is 23.3. The molecule has 1 aromatic heterocycles. The molecule has 1 N–H and O–H groups in total. The lowest BCUT2D eigenvalue weighted by Crippen LogP contribution is -2.53. The Morgan fingerprint density at radius 1 is 1.15 bits per heavy atom. The fraction of sp³-hybridized carbons (Fsp3) is 0.567. The number of hydrogen-bond acceptors (Lipinski definition) is 6. The molecular weight excluding hydrogens is 539 g/mol. The molecule has 8 nitrogen and oxygen atoms in total. The smallest absolute Gasteiger partial charge is 0.416 e. The fourth-order valence-electron chi connectivity index (χ4n) is 6.48. The number of alkyl halides is 3. The van der Waals surface area contributed by atoms with Crippen molar-refractivity contribution in [2.45, 2.75) is 77.0 Å². The average Bonchev–Trinajstić information content (AvgIpc) is 3.38. The Morgan fingerprint density at radius 3 is 2.61 bits per heavy atom. The number of aromatic nitrogens is 1. The Kier molecular flexibility index (Phi) is 8.29. The summed E-state index contributed by atoms with van der Waals surface area (Å²) in [5.41, 5.74) is -2.33. The highest BCUT2D eigenvalue weighted by Crippen LogP contribution is 2.45. The van der Waals surface area contributed by atoms with Gasteiger partial charge in [-0.3, -0.25) is 9.59 Å². The van der Waals surface area contributed by atoms with Crippen LogP contribution in [0.15, 0.2) is 47.3 Å². The van der Waals surface area contributed by atoms with Gasteiger partial charge in [-0.05, 0) is 56.7 Å². The van der Waals surface area contributed by atoms with Crippen LogP contribution in [0.4, 0.5) is 13.2 Å². The van der Waals surface area contributed by atoms with E-state index in [1.54, 1.807) is 37.3 Å². The number of rotatable bonds is 6. The van der Waals surface area contributed by atoms with Gasteiger partial charge in [0.2, 0.25) is 5.91 Å². The Hall–Kier alpha value is -3.18. The van der Waals surface area contributed by atoms with Crippen LogP contribution >= 0.6 is 0 Å². The standard InChI is InChI=1S/C30H36F3N3O5/c1-19-18-40-13-9-25(19)34-23-8-10-29(16-23,20(2)41-27(38)21-6-4-3-5-7-21)28(39)35-11-12-36-24(17-35)14-22(15-26(36)37)30(31,32)33/h3-7,14-15,19-20,23,25,34H,8-13,16-18H2,1-2H3/t19-,20?,23?,25+,29+/m1/s1. The van der Waals surface area contributed by atoms with E-state index in [0.29, 0.717) is 50.0 Å². The van der Waals surface area contributed by atoms with Gasteiger partial charge in [0.15, 0.2) is 0 Å². The predicted octanol–water partition coefficient (Wildman–Crippen LogP) is 4.01. The van der Waals surface area contributed by atoms with Gasteiger partial charge in [-0.25, -0.2) is 4.79 Å². The summed E-state index contributed by atoms with van der Waals surface area (Å²) < 4.78 is 53.1. The van der Waals surface area contributed by atoms with Crippen LogP contribution in [0.5, 0.6) is 0 Å². The van der Waals surface area contributed by atoms with Gasteiger partial charge in [-0.2, -0.15) is 13.2 Å². The number of benzene rings is 1. The Morgan fingerprint density at radius 2 is 1.90 bits per heavy atom. The molecule has 1 amide bonds. The third kappa shape index (κ3) is 6.06. The number of nitrogens with zero attached hydrogens (tertiary/aromatic N) is 2. The van der Waals surface area contributed by atoms with Crippen molar-refractivity contribution in [3.8, 4) is 0 Å². The first kappa shape index (κ1) is 29.3. The fourth-order valence-corrected chi connectivity index (χ4v) is 6.48. The lowest BCUT2D eigenvalue weighted by atomic mass is 9.78. The van der Waals surface area contributed by atoms with Gasteiger partial charge >= 0.3 is 12.1 Å². The molecular formula is C30H36F3N3O5. The summed E-state index contributed by atoms with van der Waals surface area (Å²) >= 11 is 0. The number of nitrogens with one attached hydrogen (secondary N) is 1. The lowest BCUT2D eigenvalue weighted by molar-refractivity contribution is -0.150. The largest absolute Gasteiger partial charge is 0.458 e. The molecule has 2 unspecified atom stereocenters. The molecule has 1 aromatic carbocycles. The van der Waals surface area contributed by atoms with E-state index in [1.165, 1.54) is 9.47 Å². The molecule has 222 valence electrons. The Balaban J connectivity index is 1.41. The Labute approximate surface area is 236 Å². The predicted molar refractivity (Wildman–Crippen MR) is 144 cm³/mol. The van der Waals surface area contributed by atoms with E-state index in [2.05, 4.69) is 12.2 Å². The minimum absolute atomic E-state index is 0.00101. The highest BCUT2D eigenvalue weighted by atomic mass is 19.4. The van der Waals surface area contributed by atoms with E-state index in [0.717, 1.165) is 12.5 Å². The number of carbonyl (C=O) groups is 2. The van der Waals surface area contributed by atoms with Crippen molar-refractivity contribution in [2.24, 2.45) is 11.3 Å². The van der Waals surface area contributed by atoms with E-state index in [9.17, 15) is 27.6 Å². The summed E-state index contributed by atoms with van der Waals surface area (Å²) in [7, 11) is 0. The molecule has 0 spiro atoms. The molecule has 11 heteroatoms. The molecule has 1 saturated heterocycles. The van der Waals surface area contributed by atoms with Crippen molar-refractivity contribution in [3.63, 3.8) is 0 Å². The third-order valence-electron chi connectivity index (χ3n) is 8.91. The second-order valence-electron chi connectivity index (χ2n) is 11.6. The van der Waals surface area contributed by atoms with Gasteiger partial charge in [0.25, 0.3) is 5.56 Å². The van der Waals surface area contributed by atoms with E-state index in [-0.39, 0.29) is 43.3 Å². The van der Waals surface area contributed by atoms with Crippen molar-refractivity contribution in [3.05, 3.63) is 69.6 Å². The minimum atomic E-state index is -4.67. The number of fused-ring (bicyclic) bond motifs is 1. The van der Waals surface area contributed by atoms with Gasteiger partial charge in [-0.15, -0.1) is 0 Å². The summed E-state index contributed by atoms with van der Waals surface area (Å²) in [5, 5.41) is 3.71. The van der Waals surface area contributed by atoms with Gasteiger partial charge in [0, 0.05) is 43.5 Å². The number of halogens is 3. The van der Waals surface area contributed by atoms with Crippen molar-refractivity contribution >= 4 is 11.9 Å². The molecule has 0 bridgehead atoms. The monoisotopic (exact) mass is 575 g/mol. The highest BCUT2D eigenvalue weighted by Gasteiger charge is 2.53. The van der Waals surface area contributed by atoms with Gasteiger partial charge in [0.1, 0.15) is 6.10 Å². The van der Waals surface area contributed by atoms with Gasteiger partial charge in [0.05, 0.1) is 29.7 Å². The van der Waals surface area contributed by atoms with Crippen LogP contribution in [0.25, 0.3) is 0 Å². The molecule has 2 fully saturated rings. The maximum Gasteiger partial charge on any atom is 0.416 e. The number of carbonyl (C=O) groups excluding carboxylic acids is 2. The Bertz CT molecular complexity index is 1330. The maximum absolute atomic E-state index is 14.3. The SMILES string of the molecule is CC(OC(=O)c1ccccc1)[C@]1(C(=O)N2CCn3c(cc(C(F)(F)F)cc3=O)C2)CCC(N[C@H]2CCOC[C@H]2C)C1. The van der Waals surface area contributed by atoms with Crippen molar-refractivity contribution in [2.75, 3.05) is 19.8 Å². The zero-order chi connectivity index (χ0) is 29.4. The summed E-state index contributed by atoms with van der Waals surface area (Å²) in [4.78, 5) is 41.3. The van der Waals surface area contributed by atoms with Crippen LogP contribution in [0, 0.1) is 11.3 Å². The molecule has 41 heavy (non-hydrogen) atoms. The molecule has 5 atom stereocenters. The second kappa shape index (κ2) is 11.6. The highest BCUT2D eigenvalue weighted by molar-refractivity contribution is 5.90. The minimum Gasteiger partial charge on any atom is -0.458 e.